The van der Waals surface area contributed by atoms with Gasteiger partial charge in [0.2, 0.25) is 0 Å². The van der Waals surface area contributed by atoms with Crippen molar-refractivity contribution in [2.24, 2.45) is 0 Å². The normalized spacial score (nSPS) is 14.4. The molecule has 1 fully saturated rings. The molecule has 1 aliphatic heterocycles. The van der Waals surface area contributed by atoms with Gasteiger partial charge in [-0.05, 0) is 37.6 Å². The molecule has 1 aromatic carbocycles. The summed E-state index contributed by atoms with van der Waals surface area (Å²) in [6, 6.07) is 7.97. The maximum absolute atomic E-state index is 11.0. The Hall–Kier alpha value is -2.49. The first-order chi connectivity index (χ1) is 14.8. The predicted octanol–water partition coefficient (Wildman–Crippen LogP) is 1.40. The first kappa shape index (κ1) is 26.5. The molecule has 0 saturated carbocycles. The van der Waals surface area contributed by atoms with Gasteiger partial charge in [0.1, 0.15) is 18.1 Å². The van der Waals surface area contributed by atoms with Gasteiger partial charge >= 0.3 is 11.9 Å². The molecule has 9 nitrogen and oxygen atoms in total. The Morgan fingerprint density at radius 2 is 1.48 bits per heavy atom. The number of aliphatic carboxylic acids is 2. The Kier molecular flexibility index (Phi) is 13.1. The van der Waals surface area contributed by atoms with Crippen molar-refractivity contribution >= 4 is 17.7 Å². The van der Waals surface area contributed by atoms with Crippen LogP contribution in [0.25, 0.3) is 0 Å². The summed E-state index contributed by atoms with van der Waals surface area (Å²) in [5, 5.41) is 14.8. The highest BCUT2D eigenvalue weighted by Gasteiger charge is 2.14. The number of carboxylic acids is 2. The molecule has 2 N–H and O–H groups in total. The van der Waals surface area contributed by atoms with E-state index in [9.17, 15) is 4.79 Å². The lowest BCUT2D eigenvalue weighted by Gasteiger charge is -2.33. The summed E-state index contributed by atoms with van der Waals surface area (Å²) in [5.41, 5.74) is 1.17. The van der Waals surface area contributed by atoms with Crippen molar-refractivity contribution in [3.8, 4) is 5.75 Å². The van der Waals surface area contributed by atoms with Crippen LogP contribution in [0.4, 0.5) is 0 Å². The van der Waals surface area contributed by atoms with Gasteiger partial charge in [0, 0.05) is 39.1 Å². The summed E-state index contributed by atoms with van der Waals surface area (Å²) in [4.78, 5) is 34.1. The number of nitrogens with zero attached hydrogens (tertiary/aromatic N) is 2. The number of ether oxygens (including phenoxy) is 2. The van der Waals surface area contributed by atoms with Crippen LogP contribution in [0.5, 0.6) is 5.75 Å². The second-order valence-corrected chi connectivity index (χ2v) is 7.19. The second-order valence-electron chi connectivity index (χ2n) is 7.19. The third-order valence-corrected chi connectivity index (χ3v) is 4.83. The van der Waals surface area contributed by atoms with Crippen molar-refractivity contribution in [3.05, 3.63) is 29.8 Å². The van der Waals surface area contributed by atoms with E-state index < -0.39 is 11.9 Å². The molecule has 1 heterocycles. The highest BCUT2D eigenvalue weighted by atomic mass is 16.5. The van der Waals surface area contributed by atoms with Gasteiger partial charge < -0.3 is 29.4 Å². The van der Waals surface area contributed by atoms with Crippen LogP contribution in [-0.4, -0.2) is 96.8 Å². The summed E-state index contributed by atoms with van der Waals surface area (Å²) in [5.74, 6) is -2.57. The number of Topliss-reactive ketones (excluding diaryl/α,β-unsaturated/α-hetero) is 1. The number of hydrogen-bond donors (Lipinski definition) is 2. The molecule has 0 aliphatic carbocycles. The summed E-state index contributed by atoms with van der Waals surface area (Å²) >= 11 is 0. The average Bonchev–Trinajstić information content (AvgIpc) is 2.76. The number of ketones is 1. The van der Waals surface area contributed by atoms with E-state index in [2.05, 4.69) is 16.7 Å². The highest BCUT2D eigenvalue weighted by molar-refractivity contribution is 6.27. The minimum atomic E-state index is -1.82. The fraction of sp³-hybridized carbons (Fsp3) is 0.591. The number of rotatable bonds is 11. The second kappa shape index (κ2) is 15.3. The number of aryl methyl sites for hydroxylation is 1. The number of piperazine rings is 1. The molecular formula is C22H34N2O7. The molecular weight excluding hydrogens is 404 g/mol. The number of carbonyl (C=O) groups excluding carboxylic acids is 1. The molecule has 9 heteroatoms. The number of hydrogen-bond acceptors (Lipinski definition) is 7. The van der Waals surface area contributed by atoms with Gasteiger partial charge in [0.25, 0.3) is 0 Å². The van der Waals surface area contributed by atoms with Crippen LogP contribution in [0, 0.1) is 0 Å². The zero-order valence-corrected chi connectivity index (χ0v) is 18.4. The Morgan fingerprint density at radius 1 is 0.903 bits per heavy atom. The maximum Gasteiger partial charge on any atom is 0.414 e. The Labute approximate surface area is 183 Å². The van der Waals surface area contributed by atoms with E-state index >= 15 is 0 Å². The van der Waals surface area contributed by atoms with Gasteiger partial charge in [-0.15, -0.1) is 0 Å². The average molecular weight is 439 g/mol. The Bertz CT molecular complexity index is 659. The monoisotopic (exact) mass is 438 g/mol. The van der Waals surface area contributed by atoms with E-state index in [0.29, 0.717) is 19.6 Å². The zero-order valence-electron chi connectivity index (χ0n) is 18.4. The highest BCUT2D eigenvalue weighted by Crippen LogP contribution is 2.13. The number of carboxylic acid groups (broad SMARTS) is 2. The largest absolute Gasteiger partial charge is 0.491 e. The van der Waals surface area contributed by atoms with Gasteiger partial charge in [0.05, 0.1) is 13.2 Å². The van der Waals surface area contributed by atoms with Gasteiger partial charge in [-0.3, -0.25) is 4.90 Å². The summed E-state index contributed by atoms with van der Waals surface area (Å²) in [7, 11) is 0. The van der Waals surface area contributed by atoms with Crippen LogP contribution in [0.1, 0.15) is 25.8 Å². The van der Waals surface area contributed by atoms with Crippen molar-refractivity contribution in [2.75, 3.05) is 59.1 Å². The van der Waals surface area contributed by atoms with Crippen molar-refractivity contribution in [1.82, 2.24) is 9.80 Å². The molecule has 1 saturated heterocycles. The van der Waals surface area contributed by atoms with Crippen LogP contribution in [-0.2, 0) is 25.5 Å². The molecule has 2 rings (SSSR count). The number of likely N-dealkylation sites (N-methyl/N-ethyl adjacent to an activating group) is 1. The van der Waals surface area contributed by atoms with Crippen molar-refractivity contribution < 1.29 is 34.1 Å². The van der Waals surface area contributed by atoms with E-state index in [4.69, 9.17) is 29.3 Å². The van der Waals surface area contributed by atoms with Crippen molar-refractivity contribution in [1.29, 1.82) is 0 Å². The molecule has 1 aromatic rings. The van der Waals surface area contributed by atoms with Crippen LogP contribution >= 0.6 is 0 Å². The van der Waals surface area contributed by atoms with Crippen LogP contribution in [0.15, 0.2) is 24.3 Å². The maximum atomic E-state index is 11.0. The molecule has 1 aliphatic rings. The summed E-state index contributed by atoms with van der Waals surface area (Å²) in [6.45, 7) is 12.6. The number of carbonyl (C=O) groups is 3. The topological polar surface area (TPSA) is 117 Å². The lowest BCUT2D eigenvalue weighted by atomic mass is 10.1. The van der Waals surface area contributed by atoms with Crippen LogP contribution < -0.4 is 4.74 Å². The molecule has 0 spiro atoms. The third-order valence-electron chi connectivity index (χ3n) is 4.83. The van der Waals surface area contributed by atoms with E-state index in [1.165, 1.54) is 18.7 Å². The van der Waals surface area contributed by atoms with Gasteiger partial charge in [0.15, 0.2) is 0 Å². The van der Waals surface area contributed by atoms with Crippen molar-refractivity contribution in [3.63, 3.8) is 0 Å². The fourth-order valence-corrected chi connectivity index (χ4v) is 2.92. The lowest BCUT2D eigenvalue weighted by Crippen LogP contribution is -2.47. The van der Waals surface area contributed by atoms with Crippen molar-refractivity contribution in [2.45, 2.75) is 26.7 Å². The minimum absolute atomic E-state index is 0.227. The summed E-state index contributed by atoms with van der Waals surface area (Å²) < 4.78 is 11.4. The molecule has 0 aromatic heterocycles. The molecule has 0 unspecified atom stereocenters. The van der Waals surface area contributed by atoms with E-state index in [1.807, 2.05) is 24.3 Å². The Morgan fingerprint density at radius 3 is 2.00 bits per heavy atom. The smallest absolute Gasteiger partial charge is 0.414 e. The van der Waals surface area contributed by atoms with E-state index in [1.54, 1.807) is 6.92 Å². The molecule has 0 amide bonds. The third kappa shape index (κ3) is 12.7. The first-order valence-electron chi connectivity index (χ1n) is 10.5. The fourth-order valence-electron chi connectivity index (χ4n) is 2.92. The van der Waals surface area contributed by atoms with Gasteiger partial charge in [-0.2, -0.15) is 0 Å². The number of benzene rings is 1. The van der Waals surface area contributed by atoms with Gasteiger partial charge in [-0.25, -0.2) is 9.59 Å². The van der Waals surface area contributed by atoms with E-state index in [0.717, 1.165) is 45.0 Å². The quantitative estimate of drug-likeness (QED) is 0.390. The molecule has 0 atom stereocenters. The summed E-state index contributed by atoms with van der Waals surface area (Å²) in [6.07, 6.45) is 1.40. The zero-order chi connectivity index (χ0) is 23.1. The van der Waals surface area contributed by atoms with Crippen LogP contribution in [0.3, 0.4) is 0 Å². The predicted molar refractivity (Wildman–Crippen MR) is 116 cm³/mol. The van der Waals surface area contributed by atoms with Gasteiger partial charge in [-0.1, -0.05) is 19.1 Å². The standard InChI is InChI=1S/C20H32N2O3.C2H2O4/c1-3-21-10-12-22(13-11-21)14-15-24-16-17-25-20-8-6-19(7-9-20)5-4-18(2)23;3-1(4)2(5)6/h6-9H,3-5,10-17H2,1-2H3;(H,3,4)(H,5,6). The molecule has 0 radical (unpaired) electrons. The molecule has 174 valence electrons. The molecule has 31 heavy (non-hydrogen) atoms. The Balaban J connectivity index is 0.000000703. The van der Waals surface area contributed by atoms with E-state index in [-0.39, 0.29) is 5.78 Å². The van der Waals surface area contributed by atoms with Crippen LogP contribution in [0.2, 0.25) is 0 Å². The SMILES string of the molecule is CCN1CCN(CCOCCOc2ccc(CCC(C)=O)cc2)CC1.O=C(O)C(=O)O. The molecule has 0 bridgehead atoms. The minimum Gasteiger partial charge on any atom is -0.491 e. The first-order valence-corrected chi connectivity index (χ1v) is 10.5. The lowest BCUT2D eigenvalue weighted by molar-refractivity contribution is -0.159.